The minimum atomic E-state index is -0.609. The van der Waals surface area contributed by atoms with Crippen LogP contribution in [-0.2, 0) is 17.8 Å². The van der Waals surface area contributed by atoms with Crippen molar-refractivity contribution in [1.29, 1.82) is 0 Å². The number of carbonyl (C=O) groups is 2. The predicted octanol–water partition coefficient (Wildman–Crippen LogP) is 3.87. The Kier molecular flexibility index (Phi) is 6.65. The van der Waals surface area contributed by atoms with E-state index in [1.807, 2.05) is 53.4 Å². The molecule has 2 heterocycles. The molecule has 0 radical (unpaired) electrons. The van der Waals surface area contributed by atoms with E-state index in [0.717, 1.165) is 16.7 Å². The van der Waals surface area contributed by atoms with Crippen molar-refractivity contribution in [2.24, 2.45) is 0 Å². The van der Waals surface area contributed by atoms with E-state index in [0.29, 0.717) is 47.1 Å². The highest BCUT2D eigenvalue weighted by Crippen LogP contribution is 2.48. The molecule has 192 valence electrons. The Balaban J connectivity index is 1.56. The summed E-state index contributed by atoms with van der Waals surface area (Å²) in [6.07, 6.45) is 0.662. The van der Waals surface area contributed by atoms with Crippen molar-refractivity contribution in [2.75, 3.05) is 35.0 Å². The number of hydrogen-bond acceptors (Lipinski definition) is 6. The predicted molar refractivity (Wildman–Crippen MR) is 138 cm³/mol. The summed E-state index contributed by atoms with van der Waals surface area (Å²) in [5, 5.41) is 3.10. The minimum Gasteiger partial charge on any atom is -0.497 e. The zero-order valence-corrected chi connectivity index (χ0v) is 21.4. The monoisotopic (exact) mass is 502 g/mol. The van der Waals surface area contributed by atoms with Crippen LogP contribution in [0.4, 0.5) is 0 Å². The number of carbonyl (C=O) groups excluding carboxylic acids is 2. The Morgan fingerprint density at radius 1 is 0.892 bits per heavy atom. The molecule has 2 aliphatic heterocycles. The van der Waals surface area contributed by atoms with Crippen LogP contribution in [0.15, 0.2) is 54.6 Å². The number of ether oxygens (including phenoxy) is 4. The highest BCUT2D eigenvalue weighted by atomic mass is 16.5. The van der Waals surface area contributed by atoms with Gasteiger partial charge in [0.25, 0.3) is 5.91 Å². The van der Waals surface area contributed by atoms with E-state index in [1.165, 1.54) is 0 Å². The van der Waals surface area contributed by atoms with E-state index in [9.17, 15) is 9.59 Å². The van der Waals surface area contributed by atoms with Crippen molar-refractivity contribution < 1.29 is 28.5 Å². The number of nitrogens with zero attached hydrogens (tertiary/aromatic N) is 1. The first-order chi connectivity index (χ1) is 18.0. The van der Waals surface area contributed by atoms with Crippen LogP contribution in [0.25, 0.3) is 0 Å². The molecule has 0 bridgehead atoms. The van der Waals surface area contributed by atoms with Crippen LogP contribution in [0.2, 0.25) is 0 Å². The first kappa shape index (κ1) is 24.5. The van der Waals surface area contributed by atoms with Gasteiger partial charge in [0.05, 0.1) is 40.4 Å². The quantitative estimate of drug-likeness (QED) is 0.528. The van der Waals surface area contributed by atoms with Crippen LogP contribution in [-0.4, -0.2) is 51.7 Å². The minimum absolute atomic E-state index is 0.0699. The lowest BCUT2D eigenvalue weighted by atomic mass is 9.75. The molecule has 0 spiro atoms. The Labute approximate surface area is 216 Å². The van der Waals surface area contributed by atoms with Crippen molar-refractivity contribution in [1.82, 2.24) is 10.2 Å². The van der Waals surface area contributed by atoms with Gasteiger partial charge in [-0.2, -0.15) is 0 Å². The molecule has 0 aromatic heterocycles. The Bertz CT molecular complexity index is 1350. The molecular weight excluding hydrogens is 472 g/mol. The van der Waals surface area contributed by atoms with Crippen LogP contribution in [0.5, 0.6) is 23.0 Å². The number of fused-ring (bicyclic) bond motifs is 4. The molecule has 0 saturated carbocycles. The summed E-state index contributed by atoms with van der Waals surface area (Å²) in [6, 6.07) is 16.2. The van der Waals surface area contributed by atoms with Crippen LogP contribution < -0.4 is 24.3 Å². The topological polar surface area (TPSA) is 86.3 Å². The SMILES string of the molecule is COc1ccc(OC)c(CNC(=O)[C@@H]2c3ccccc3C(=O)N3CCc4cc(OC)c(OC)cc4[C@@H]23)c1. The molecule has 0 fully saturated rings. The van der Waals surface area contributed by atoms with Gasteiger partial charge in [-0.05, 0) is 59.5 Å². The third kappa shape index (κ3) is 4.22. The van der Waals surface area contributed by atoms with Gasteiger partial charge in [0, 0.05) is 24.2 Å². The summed E-state index contributed by atoms with van der Waals surface area (Å²) >= 11 is 0. The molecule has 5 rings (SSSR count). The van der Waals surface area contributed by atoms with Crippen molar-refractivity contribution in [2.45, 2.75) is 24.9 Å². The van der Waals surface area contributed by atoms with Gasteiger partial charge in [-0.25, -0.2) is 0 Å². The molecule has 8 heteroatoms. The largest absolute Gasteiger partial charge is 0.497 e. The summed E-state index contributed by atoms with van der Waals surface area (Å²) in [7, 11) is 6.37. The number of methoxy groups -OCH3 is 4. The second-order valence-corrected chi connectivity index (χ2v) is 9.06. The van der Waals surface area contributed by atoms with Gasteiger partial charge >= 0.3 is 0 Å². The Morgan fingerprint density at radius 3 is 2.35 bits per heavy atom. The smallest absolute Gasteiger partial charge is 0.254 e. The van der Waals surface area contributed by atoms with Crippen molar-refractivity contribution >= 4 is 11.8 Å². The maximum absolute atomic E-state index is 14.0. The van der Waals surface area contributed by atoms with Crippen LogP contribution in [0.3, 0.4) is 0 Å². The fourth-order valence-electron chi connectivity index (χ4n) is 5.45. The van der Waals surface area contributed by atoms with Crippen molar-refractivity contribution in [3.8, 4) is 23.0 Å². The van der Waals surface area contributed by atoms with E-state index >= 15 is 0 Å². The first-order valence-electron chi connectivity index (χ1n) is 12.1. The van der Waals surface area contributed by atoms with E-state index in [2.05, 4.69) is 5.32 Å². The van der Waals surface area contributed by atoms with Gasteiger partial charge in [0.1, 0.15) is 11.5 Å². The highest BCUT2D eigenvalue weighted by Gasteiger charge is 2.46. The average Bonchev–Trinajstić information content (AvgIpc) is 2.95. The first-order valence-corrected chi connectivity index (χ1v) is 12.1. The van der Waals surface area contributed by atoms with Gasteiger partial charge in [-0.1, -0.05) is 18.2 Å². The number of hydrogen-bond donors (Lipinski definition) is 1. The molecule has 8 nitrogen and oxygen atoms in total. The van der Waals surface area contributed by atoms with Gasteiger partial charge in [0.15, 0.2) is 11.5 Å². The molecule has 0 aliphatic carbocycles. The average molecular weight is 503 g/mol. The molecule has 37 heavy (non-hydrogen) atoms. The second-order valence-electron chi connectivity index (χ2n) is 9.06. The summed E-state index contributed by atoms with van der Waals surface area (Å²) in [5.41, 5.74) is 4.00. The second kappa shape index (κ2) is 10.0. The highest BCUT2D eigenvalue weighted by molar-refractivity contribution is 6.01. The lowest BCUT2D eigenvalue weighted by Crippen LogP contribution is -2.50. The standard InChI is InChI=1S/C29H30N2O6/c1-34-19-9-10-23(35-2)18(13-19)16-30-28(32)26-20-7-5-6-8-21(20)29(33)31-12-11-17-14-24(36-3)25(37-4)15-22(17)27(26)31/h5-10,13-15,26-27H,11-12,16H2,1-4H3,(H,30,32)/t26-,27+/m1/s1. The lowest BCUT2D eigenvalue weighted by Gasteiger charge is -2.45. The Hall–Kier alpha value is -4.20. The molecule has 2 atom stereocenters. The number of amides is 2. The van der Waals surface area contributed by atoms with Crippen LogP contribution in [0.1, 0.15) is 44.6 Å². The van der Waals surface area contributed by atoms with E-state index in [1.54, 1.807) is 34.5 Å². The molecule has 3 aromatic rings. The zero-order valence-electron chi connectivity index (χ0n) is 21.4. The molecule has 0 unspecified atom stereocenters. The molecule has 0 saturated heterocycles. The third-order valence-corrected chi connectivity index (χ3v) is 7.25. The molecule has 2 aliphatic rings. The summed E-state index contributed by atoms with van der Waals surface area (Å²) in [4.78, 5) is 29.3. The van der Waals surface area contributed by atoms with Gasteiger partial charge in [-0.3, -0.25) is 9.59 Å². The summed E-state index contributed by atoms with van der Waals surface area (Å²) < 4.78 is 21.9. The van der Waals surface area contributed by atoms with E-state index in [4.69, 9.17) is 18.9 Å². The van der Waals surface area contributed by atoms with Crippen LogP contribution >= 0.6 is 0 Å². The van der Waals surface area contributed by atoms with Gasteiger partial charge in [-0.15, -0.1) is 0 Å². The van der Waals surface area contributed by atoms with E-state index < -0.39 is 12.0 Å². The van der Waals surface area contributed by atoms with Crippen LogP contribution in [0, 0.1) is 0 Å². The fraction of sp³-hybridized carbons (Fsp3) is 0.310. The Morgan fingerprint density at radius 2 is 1.62 bits per heavy atom. The maximum atomic E-state index is 14.0. The number of nitrogens with one attached hydrogen (secondary N) is 1. The maximum Gasteiger partial charge on any atom is 0.254 e. The van der Waals surface area contributed by atoms with Crippen molar-refractivity contribution in [3.63, 3.8) is 0 Å². The lowest BCUT2D eigenvalue weighted by molar-refractivity contribution is -0.124. The summed E-state index contributed by atoms with van der Waals surface area (Å²) in [5.74, 6) is 1.66. The van der Waals surface area contributed by atoms with Crippen molar-refractivity contribution in [3.05, 3.63) is 82.4 Å². The summed E-state index contributed by atoms with van der Waals surface area (Å²) in [6.45, 7) is 0.755. The normalized spacial score (nSPS) is 17.7. The molecule has 2 amide bonds. The zero-order chi connectivity index (χ0) is 26.1. The van der Waals surface area contributed by atoms with Gasteiger partial charge < -0.3 is 29.2 Å². The van der Waals surface area contributed by atoms with E-state index in [-0.39, 0.29) is 18.4 Å². The fourth-order valence-corrected chi connectivity index (χ4v) is 5.45. The van der Waals surface area contributed by atoms with Gasteiger partial charge in [0.2, 0.25) is 5.91 Å². The molecular formula is C29H30N2O6. The number of benzene rings is 3. The molecule has 1 N–H and O–H groups in total. The third-order valence-electron chi connectivity index (χ3n) is 7.25. The molecule has 3 aromatic carbocycles. The number of rotatable bonds is 7.